The van der Waals surface area contributed by atoms with Crippen molar-refractivity contribution in [1.29, 1.82) is 0 Å². The maximum Gasteiger partial charge on any atom is 0.0946 e. The molecule has 1 aromatic carbocycles. The summed E-state index contributed by atoms with van der Waals surface area (Å²) in [6.45, 7) is 7.47. The maximum atomic E-state index is 5.96. The lowest BCUT2D eigenvalue weighted by atomic mass is 10.0. The van der Waals surface area contributed by atoms with Gasteiger partial charge in [-0.3, -0.25) is 0 Å². The molecule has 1 N–H and O–H groups in total. The number of hydrogen-bond donors (Lipinski definition) is 1. The van der Waals surface area contributed by atoms with Crippen LogP contribution >= 0.6 is 22.9 Å². The molecule has 0 aliphatic carbocycles. The lowest BCUT2D eigenvalue weighted by molar-refractivity contribution is 0.504. The molecule has 1 aromatic heterocycles. The van der Waals surface area contributed by atoms with E-state index in [4.69, 9.17) is 11.6 Å². The number of aromatic nitrogens is 1. The van der Waals surface area contributed by atoms with Crippen LogP contribution in [0.5, 0.6) is 0 Å². The zero-order valence-electron chi connectivity index (χ0n) is 12.9. The summed E-state index contributed by atoms with van der Waals surface area (Å²) < 4.78 is 0. The molecule has 0 radical (unpaired) electrons. The zero-order chi connectivity index (χ0) is 15.2. The van der Waals surface area contributed by atoms with E-state index in [0.29, 0.717) is 6.04 Å². The van der Waals surface area contributed by atoms with Crippen molar-refractivity contribution >= 4 is 22.9 Å². The topological polar surface area (TPSA) is 24.9 Å². The number of halogens is 1. The molecule has 114 valence electrons. The summed E-state index contributed by atoms with van der Waals surface area (Å²) in [5.41, 5.74) is 2.48. The van der Waals surface area contributed by atoms with Crippen molar-refractivity contribution in [3.8, 4) is 0 Å². The number of aryl methyl sites for hydroxylation is 2. The Morgan fingerprint density at radius 1 is 1.19 bits per heavy atom. The average molecular weight is 323 g/mol. The fourth-order valence-electron chi connectivity index (χ4n) is 2.31. The Morgan fingerprint density at radius 3 is 2.48 bits per heavy atom. The van der Waals surface area contributed by atoms with Gasteiger partial charge in [0.2, 0.25) is 0 Å². The molecule has 2 aromatic rings. The summed E-state index contributed by atoms with van der Waals surface area (Å²) in [6.07, 6.45) is 3.14. The fourth-order valence-corrected chi connectivity index (χ4v) is 3.45. The van der Waals surface area contributed by atoms with Gasteiger partial charge in [-0.25, -0.2) is 4.98 Å². The smallest absolute Gasteiger partial charge is 0.0946 e. The van der Waals surface area contributed by atoms with Gasteiger partial charge in [0.15, 0.2) is 0 Å². The van der Waals surface area contributed by atoms with Gasteiger partial charge >= 0.3 is 0 Å². The third kappa shape index (κ3) is 5.10. The van der Waals surface area contributed by atoms with Crippen molar-refractivity contribution in [2.24, 2.45) is 0 Å². The third-order valence-electron chi connectivity index (χ3n) is 3.57. The summed E-state index contributed by atoms with van der Waals surface area (Å²) in [4.78, 5) is 6.00. The summed E-state index contributed by atoms with van der Waals surface area (Å²) in [6, 6.07) is 8.58. The van der Waals surface area contributed by atoms with Crippen LogP contribution in [0.1, 0.15) is 34.5 Å². The van der Waals surface area contributed by atoms with Crippen molar-refractivity contribution in [1.82, 2.24) is 10.3 Å². The van der Waals surface area contributed by atoms with E-state index in [1.165, 1.54) is 15.4 Å². The minimum atomic E-state index is 0.427. The van der Waals surface area contributed by atoms with Crippen LogP contribution in [0, 0.1) is 13.8 Å². The van der Waals surface area contributed by atoms with Crippen molar-refractivity contribution in [2.75, 3.05) is 6.54 Å². The Morgan fingerprint density at radius 2 is 1.90 bits per heavy atom. The second-order valence-corrected chi connectivity index (χ2v) is 7.16. The van der Waals surface area contributed by atoms with Crippen molar-refractivity contribution in [2.45, 2.75) is 46.1 Å². The molecule has 21 heavy (non-hydrogen) atoms. The van der Waals surface area contributed by atoms with Gasteiger partial charge in [0.05, 0.1) is 10.7 Å². The monoisotopic (exact) mass is 322 g/mol. The fraction of sp³-hybridized carbons (Fsp3) is 0.471. The van der Waals surface area contributed by atoms with E-state index in [1.54, 1.807) is 0 Å². The highest BCUT2D eigenvalue weighted by Crippen LogP contribution is 2.19. The minimum absolute atomic E-state index is 0.427. The Bertz CT molecular complexity index is 543. The first-order chi connectivity index (χ1) is 10.1. The predicted molar refractivity (Wildman–Crippen MR) is 92.5 cm³/mol. The molecule has 2 nitrogen and oxygen atoms in total. The summed E-state index contributed by atoms with van der Waals surface area (Å²) >= 11 is 7.77. The lowest BCUT2D eigenvalue weighted by Gasteiger charge is -2.17. The number of benzene rings is 1. The second-order valence-electron chi connectivity index (χ2n) is 5.43. The van der Waals surface area contributed by atoms with Gasteiger partial charge in [0, 0.05) is 22.4 Å². The Labute approximate surface area is 136 Å². The van der Waals surface area contributed by atoms with Crippen LogP contribution in [0.3, 0.4) is 0 Å². The van der Waals surface area contributed by atoms with E-state index in [-0.39, 0.29) is 0 Å². The van der Waals surface area contributed by atoms with Crippen LogP contribution < -0.4 is 5.32 Å². The third-order valence-corrected chi connectivity index (χ3v) is 4.92. The number of nitrogens with one attached hydrogen (secondary N) is 1. The van der Waals surface area contributed by atoms with Gasteiger partial charge in [0.25, 0.3) is 0 Å². The highest BCUT2D eigenvalue weighted by Gasteiger charge is 2.13. The first-order valence-corrected chi connectivity index (χ1v) is 8.68. The molecule has 0 fully saturated rings. The number of hydrogen-bond acceptors (Lipinski definition) is 3. The molecule has 0 aliphatic heterocycles. The van der Waals surface area contributed by atoms with E-state index in [0.717, 1.165) is 36.5 Å². The van der Waals surface area contributed by atoms with Gasteiger partial charge in [-0.05, 0) is 50.9 Å². The van der Waals surface area contributed by atoms with Crippen molar-refractivity contribution < 1.29 is 0 Å². The Balaban J connectivity index is 2.04. The first kappa shape index (κ1) is 16.5. The molecule has 1 heterocycles. The molecule has 0 saturated heterocycles. The van der Waals surface area contributed by atoms with E-state index in [9.17, 15) is 0 Å². The van der Waals surface area contributed by atoms with Crippen LogP contribution in [0.4, 0.5) is 0 Å². The first-order valence-electron chi connectivity index (χ1n) is 7.49. The Hall–Kier alpha value is -0.900. The zero-order valence-corrected chi connectivity index (χ0v) is 14.5. The summed E-state index contributed by atoms with van der Waals surface area (Å²) in [5, 5.41) is 5.67. The predicted octanol–water partition coefficient (Wildman–Crippen LogP) is 4.57. The number of rotatable bonds is 7. The molecule has 0 spiro atoms. The van der Waals surface area contributed by atoms with Crippen molar-refractivity contribution in [3.63, 3.8) is 0 Å². The maximum absolute atomic E-state index is 5.96. The summed E-state index contributed by atoms with van der Waals surface area (Å²) in [7, 11) is 0. The van der Waals surface area contributed by atoms with E-state index in [2.05, 4.69) is 43.2 Å². The quantitative estimate of drug-likeness (QED) is 0.808. The van der Waals surface area contributed by atoms with E-state index < -0.39 is 0 Å². The van der Waals surface area contributed by atoms with Gasteiger partial charge in [-0.1, -0.05) is 30.7 Å². The highest BCUT2D eigenvalue weighted by atomic mass is 35.5. The van der Waals surface area contributed by atoms with E-state index in [1.807, 2.05) is 23.5 Å². The summed E-state index contributed by atoms with van der Waals surface area (Å²) in [5.74, 6) is 0. The normalized spacial score (nSPS) is 12.6. The van der Waals surface area contributed by atoms with Crippen LogP contribution in [-0.4, -0.2) is 17.6 Å². The standard InChI is InChI=1S/C17H23ClN2S/c1-4-9-19-16(10-14-5-7-15(18)8-6-14)11-17-20-12(2)13(3)21-17/h5-8,16,19H,4,9-11H2,1-3H3. The highest BCUT2D eigenvalue weighted by molar-refractivity contribution is 7.11. The van der Waals surface area contributed by atoms with Gasteiger partial charge < -0.3 is 5.32 Å². The largest absolute Gasteiger partial charge is 0.313 e. The number of nitrogens with zero attached hydrogens (tertiary/aromatic N) is 1. The minimum Gasteiger partial charge on any atom is -0.313 e. The molecule has 0 aliphatic rings. The molecule has 4 heteroatoms. The molecule has 2 rings (SSSR count). The van der Waals surface area contributed by atoms with Crippen LogP contribution in [0.2, 0.25) is 5.02 Å². The van der Waals surface area contributed by atoms with Gasteiger partial charge in [-0.2, -0.15) is 0 Å². The molecule has 0 saturated carbocycles. The SMILES string of the molecule is CCCNC(Cc1ccc(Cl)cc1)Cc1nc(C)c(C)s1. The Kier molecular flexibility index (Phi) is 6.22. The van der Waals surface area contributed by atoms with Gasteiger partial charge in [-0.15, -0.1) is 11.3 Å². The van der Waals surface area contributed by atoms with Gasteiger partial charge in [0.1, 0.15) is 0 Å². The van der Waals surface area contributed by atoms with Crippen LogP contribution in [-0.2, 0) is 12.8 Å². The molecule has 0 amide bonds. The van der Waals surface area contributed by atoms with Crippen LogP contribution in [0.15, 0.2) is 24.3 Å². The molecular weight excluding hydrogens is 300 g/mol. The van der Waals surface area contributed by atoms with E-state index >= 15 is 0 Å². The molecular formula is C17H23ClN2S. The van der Waals surface area contributed by atoms with Crippen LogP contribution in [0.25, 0.3) is 0 Å². The molecule has 1 unspecified atom stereocenters. The lowest BCUT2D eigenvalue weighted by Crippen LogP contribution is -2.33. The average Bonchev–Trinajstić information content (AvgIpc) is 2.77. The van der Waals surface area contributed by atoms with Crippen molar-refractivity contribution in [3.05, 3.63) is 50.4 Å². The second kappa shape index (κ2) is 7.92. The molecule has 0 bridgehead atoms. The molecule has 1 atom stereocenters. The number of thiazole rings is 1.